The smallest absolute Gasteiger partial charge is 0.238 e. The Bertz CT molecular complexity index is 533. The molecule has 1 aromatic carbocycles. The van der Waals surface area contributed by atoms with Gasteiger partial charge in [-0.1, -0.05) is 30.5 Å². The van der Waals surface area contributed by atoms with E-state index in [1.54, 1.807) is 0 Å². The van der Waals surface area contributed by atoms with E-state index in [2.05, 4.69) is 24.4 Å². The number of aliphatic hydroxyl groups excluding tert-OH is 1. The van der Waals surface area contributed by atoms with Gasteiger partial charge in [0.1, 0.15) is 0 Å². The number of hydrogen-bond acceptors (Lipinski definition) is 3. The molecule has 0 saturated heterocycles. The van der Waals surface area contributed by atoms with Crippen LogP contribution in [0.25, 0.3) is 0 Å². The topological polar surface area (TPSA) is 52.6 Å². The lowest BCUT2D eigenvalue weighted by molar-refractivity contribution is -0.117. The Hall–Kier alpha value is -1.39. The summed E-state index contributed by atoms with van der Waals surface area (Å²) in [6.07, 6.45) is 4.04. The predicted octanol–water partition coefficient (Wildman–Crippen LogP) is 3.03. The first-order chi connectivity index (χ1) is 10.9. The van der Waals surface area contributed by atoms with E-state index in [0.717, 1.165) is 42.6 Å². The van der Waals surface area contributed by atoms with Crippen molar-refractivity contribution in [3.05, 3.63) is 28.8 Å². The summed E-state index contributed by atoms with van der Waals surface area (Å²) in [5.41, 5.74) is 4.33. The van der Waals surface area contributed by atoms with Crippen LogP contribution in [-0.2, 0) is 4.79 Å². The van der Waals surface area contributed by atoms with Gasteiger partial charge in [0.05, 0.1) is 12.6 Å². The van der Waals surface area contributed by atoms with Gasteiger partial charge >= 0.3 is 0 Å². The van der Waals surface area contributed by atoms with Crippen molar-refractivity contribution in [2.75, 3.05) is 25.5 Å². The van der Waals surface area contributed by atoms with E-state index in [9.17, 15) is 9.90 Å². The summed E-state index contributed by atoms with van der Waals surface area (Å²) in [6.45, 7) is 7.25. The zero-order valence-corrected chi connectivity index (χ0v) is 14.9. The largest absolute Gasteiger partial charge is 0.393 e. The van der Waals surface area contributed by atoms with Gasteiger partial charge < -0.3 is 10.4 Å². The number of likely N-dealkylation sites (N-methyl/N-ethyl adjacent to an activating group) is 1. The number of nitrogens with one attached hydrogen (secondary N) is 1. The van der Waals surface area contributed by atoms with Crippen LogP contribution in [0.15, 0.2) is 12.1 Å². The number of rotatable bonds is 5. The third-order valence-electron chi connectivity index (χ3n) is 4.77. The fourth-order valence-corrected chi connectivity index (χ4v) is 3.67. The van der Waals surface area contributed by atoms with Gasteiger partial charge in [-0.3, -0.25) is 9.69 Å². The van der Waals surface area contributed by atoms with Gasteiger partial charge in [-0.2, -0.15) is 0 Å². The second-order valence-electron chi connectivity index (χ2n) is 7.13. The molecule has 0 aromatic heterocycles. The van der Waals surface area contributed by atoms with E-state index in [1.807, 2.05) is 25.8 Å². The average Bonchev–Trinajstić information content (AvgIpc) is 2.45. The molecule has 4 heteroatoms. The molecule has 4 nitrogen and oxygen atoms in total. The van der Waals surface area contributed by atoms with Crippen LogP contribution < -0.4 is 5.32 Å². The SMILES string of the molecule is Cc1cc(C)c(NC(=O)CN(C)CC2CCCCC2O)c(C)c1. The standard InChI is InChI=1S/C19H30N2O2/c1-13-9-14(2)19(15(3)10-13)20-18(23)12-21(4)11-16-7-5-6-8-17(16)22/h9-10,16-17,22H,5-8,11-12H2,1-4H3,(H,20,23). The Labute approximate surface area is 139 Å². The highest BCUT2D eigenvalue weighted by atomic mass is 16.3. The van der Waals surface area contributed by atoms with Crippen LogP contribution in [0, 0.1) is 26.7 Å². The molecule has 2 rings (SSSR count). The first-order valence-electron chi connectivity index (χ1n) is 8.61. The summed E-state index contributed by atoms with van der Waals surface area (Å²) in [6, 6.07) is 4.18. The molecule has 2 atom stereocenters. The van der Waals surface area contributed by atoms with Crippen LogP contribution in [0.5, 0.6) is 0 Å². The summed E-state index contributed by atoms with van der Waals surface area (Å²) < 4.78 is 0. The number of aliphatic hydroxyl groups is 1. The number of benzene rings is 1. The Kier molecular flexibility index (Phi) is 6.19. The van der Waals surface area contributed by atoms with Crippen LogP contribution >= 0.6 is 0 Å². The number of carbonyl (C=O) groups excluding carboxylic acids is 1. The van der Waals surface area contributed by atoms with Gasteiger partial charge in [0.2, 0.25) is 5.91 Å². The molecule has 0 bridgehead atoms. The molecule has 0 aliphatic heterocycles. The second kappa shape index (κ2) is 7.93. The monoisotopic (exact) mass is 318 g/mol. The lowest BCUT2D eigenvalue weighted by Crippen LogP contribution is -2.38. The predicted molar refractivity (Wildman–Crippen MR) is 94.7 cm³/mol. The quantitative estimate of drug-likeness (QED) is 0.877. The zero-order valence-electron chi connectivity index (χ0n) is 14.9. The zero-order chi connectivity index (χ0) is 17.0. The van der Waals surface area contributed by atoms with E-state index in [0.29, 0.717) is 12.5 Å². The normalized spacial score (nSPS) is 21.5. The van der Waals surface area contributed by atoms with Crippen LogP contribution in [0.3, 0.4) is 0 Å². The van der Waals surface area contributed by atoms with Gasteiger partial charge in [-0.05, 0) is 57.7 Å². The number of hydrogen-bond donors (Lipinski definition) is 2. The first-order valence-corrected chi connectivity index (χ1v) is 8.61. The van der Waals surface area contributed by atoms with Crippen molar-refractivity contribution in [1.82, 2.24) is 4.90 Å². The van der Waals surface area contributed by atoms with E-state index < -0.39 is 0 Å². The summed E-state index contributed by atoms with van der Waals surface area (Å²) in [5.74, 6) is 0.303. The third-order valence-corrected chi connectivity index (χ3v) is 4.77. The molecule has 0 radical (unpaired) electrons. The lowest BCUT2D eigenvalue weighted by atomic mass is 9.86. The molecule has 1 fully saturated rings. The Morgan fingerprint density at radius 2 is 1.83 bits per heavy atom. The van der Waals surface area contributed by atoms with Crippen molar-refractivity contribution in [3.8, 4) is 0 Å². The number of carbonyl (C=O) groups is 1. The van der Waals surface area contributed by atoms with Crippen molar-refractivity contribution in [3.63, 3.8) is 0 Å². The maximum absolute atomic E-state index is 12.3. The summed E-state index contributed by atoms with van der Waals surface area (Å²) in [5, 5.41) is 13.1. The molecule has 23 heavy (non-hydrogen) atoms. The van der Waals surface area contributed by atoms with E-state index in [4.69, 9.17) is 0 Å². The molecule has 1 aromatic rings. The van der Waals surface area contributed by atoms with E-state index >= 15 is 0 Å². The molecule has 0 spiro atoms. The number of nitrogens with zero attached hydrogens (tertiary/aromatic N) is 1. The minimum atomic E-state index is -0.212. The van der Waals surface area contributed by atoms with Crippen LogP contribution in [0.2, 0.25) is 0 Å². The van der Waals surface area contributed by atoms with Crippen molar-refractivity contribution >= 4 is 11.6 Å². The lowest BCUT2D eigenvalue weighted by Gasteiger charge is -2.31. The van der Waals surface area contributed by atoms with Crippen LogP contribution in [0.4, 0.5) is 5.69 Å². The second-order valence-corrected chi connectivity index (χ2v) is 7.13. The van der Waals surface area contributed by atoms with Crippen molar-refractivity contribution < 1.29 is 9.90 Å². The number of anilines is 1. The number of amides is 1. The molecule has 2 N–H and O–H groups in total. The maximum Gasteiger partial charge on any atom is 0.238 e. The average molecular weight is 318 g/mol. The van der Waals surface area contributed by atoms with Gasteiger partial charge in [0, 0.05) is 12.2 Å². The fraction of sp³-hybridized carbons (Fsp3) is 0.632. The molecule has 0 heterocycles. The van der Waals surface area contributed by atoms with Gasteiger partial charge in [0.15, 0.2) is 0 Å². The highest BCUT2D eigenvalue weighted by Crippen LogP contribution is 2.25. The molecule has 2 unspecified atom stereocenters. The highest BCUT2D eigenvalue weighted by Gasteiger charge is 2.24. The minimum Gasteiger partial charge on any atom is -0.393 e. The van der Waals surface area contributed by atoms with Crippen LogP contribution in [0.1, 0.15) is 42.4 Å². The van der Waals surface area contributed by atoms with Crippen molar-refractivity contribution in [1.29, 1.82) is 0 Å². The summed E-state index contributed by atoms with van der Waals surface area (Å²) >= 11 is 0. The molecule has 1 amide bonds. The van der Waals surface area contributed by atoms with E-state index in [-0.39, 0.29) is 12.0 Å². The van der Waals surface area contributed by atoms with Crippen molar-refractivity contribution in [2.24, 2.45) is 5.92 Å². The maximum atomic E-state index is 12.3. The molecule has 128 valence electrons. The third kappa shape index (κ3) is 5.05. The van der Waals surface area contributed by atoms with Crippen LogP contribution in [-0.4, -0.2) is 42.2 Å². The van der Waals surface area contributed by atoms with Crippen molar-refractivity contribution in [2.45, 2.75) is 52.6 Å². The Morgan fingerprint density at radius 1 is 1.22 bits per heavy atom. The molecular weight excluding hydrogens is 288 g/mol. The first kappa shape index (κ1) is 18.0. The molecular formula is C19H30N2O2. The summed E-state index contributed by atoms with van der Waals surface area (Å²) in [4.78, 5) is 14.3. The summed E-state index contributed by atoms with van der Waals surface area (Å²) in [7, 11) is 1.95. The molecule has 1 saturated carbocycles. The highest BCUT2D eigenvalue weighted by molar-refractivity contribution is 5.93. The Morgan fingerprint density at radius 3 is 2.43 bits per heavy atom. The molecule has 1 aliphatic carbocycles. The Balaban J connectivity index is 1.89. The molecule has 1 aliphatic rings. The minimum absolute atomic E-state index is 0.00727. The fourth-order valence-electron chi connectivity index (χ4n) is 3.67. The van der Waals surface area contributed by atoms with E-state index in [1.165, 1.54) is 12.0 Å². The van der Waals surface area contributed by atoms with Gasteiger partial charge in [-0.15, -0.1) is 0 Å². The van der Waals surface area contributed by atoms with Gasteiger partial charge in [0.25, 0.3) is 0 Å². The van der Waals surface area contributed by atoms with Gasteiger partial charge in [-0.25, -0.2) is 0 Å². The number of aryl methyl sites for hydroxylation is 3.